The molecule has 1 aromatic heterocycles. The monoisotopic (exact) mass is 409 g/mol. The van der Waals surface area contributed by atoms with Crippen LogP contribution in [0, 0.1) is 12.7 Å². The third-order valence-corrected chi connectivity index (χ3v) is 5.79. The average Bonchev–Trinajstić information content (AvgIpc) is 3.44. The van der Waals surface area contributed by atoms with Gasteiger partial charge in [0.2, 0.25) is 0 Å². The highest BCUT2D eigenvalue weighted by molar-refractivity contribution is 7.14. The van der Waals surface area contributed by atoms with Crippen LogP contribution in [0.1, 0.15) is 49.1 Å². The van der Waals surface area contributed by atoms with E-state index in [1.807, 2.05) is 0 Å². The first-order chi connectivity index (χ1) is 14.0. The van der Waals surface area contributed by atoms with Crippen LogP contribution in [0.2, 0.25) is 0 Å². The molecule has 2 aromatic carbocycles. The standard InChI is InChI=1S/C22H20FN3O2S/c1-13-20(29-19(24-13)12-14-2-6-16(23)7-3-14)22(28)26-17-8-4-15(5-9-17)21(27)25-18-10-11-18/h2-9,18H,10-12H2,1H3,(H,25,27)(H,26,28). The van der Waals surface area contributed by atoms with Crippen LogP contribution in [-0.2, 0) is 6.42 Å². The molecule has 1 aliphatic rings. The molecule has 1 saturated carbocycles. The zero-order valence-corrected chi connectivity index (χ0v) is 16.7. The average molecular weight is 409 g/mol. The molecule has 5 nitrogen and oxygen atoms in total. The SMILES string of the molecule is Cc1nc(Cc2ccc(F)cc2)sc1C(=O)Nc1ccc(C(=O)NC2CC2)cc1. The van der Waals surface area contributed by atoms with Crippen molar-refractivity contribution in [3.63, 3.8) is 0 Å². The molecule has 0 atom stereocenters. The van der Waals surface area contributed by atoms with Crippen molar-refractivity contribution in [3.05, 3.63) is 81.1 Å². The highest BCUT2D eigenvalue weighted by Crippen LogP contribution is 2.23. The second-order valence-corrected chi connectivity index (χ2v) is 8.19. The van der Waals surface area contributed by atoms with Gasteiger partial charge in [0.1, 0.15) is 10.7 Å². The first kappa shape index (κ1) is 19.3. The van der Waals surface area contributed by atoms with Gasteiger partial charge in [-0.05, 0) is 61.7 Å². The van der Waals surface area contributed by atoms with Gasteiger partial charge in [0.25, 0.3) is 11.8 Å². The molecule has 148 valence electrons. The van der Waals surface area contributed by atoms with E-state index >= 15 is 0 Å². The van der Waals surface area contributed by atoms with E-state index in [1.54, 1.807) is 43.3 Å². The summed E-state index contributed by atoms with van der Waals surface area (Å²) in [5.74, 6) is -0.602. The smallest absolute Gasteiger partial charge is 0.267 e. The number of nitrogens with one attached hydrogen (secondary N) is 2. The molecule has 29 heavy (non-hydrogen) atoms. The number of amides is 2. The molecule has 0 radical (unpaired) electrons. The number of hydrogen-bond donors (Lipinski definition) is 2. The molecule has 0 bridgehead atoms. The predicted molar refractivity (Wildman–Crippen MR) is 111 cm³/mol. The molecular formula is C22H20FN3O2S. The molecule has 2 amide bonds. The number of nitrogens with zero attached hydrogens (tertiary/aromatic N) is 1. The molecule has 0 spiro atoms. The van der Waals surface area contributed by atoms with Crippen LogP contribution in [0.25, 0.3) is 0 Å². The van der Waals surface area contributed by atoms with Crippen LogP contribution < -0.4 is 10.6 Å². The largest absolute Gasteiger partial charge is 0.349 e. The maximum atomic E-state index is 13.0. The molecular weight excluding hydrogens is 389 g/mol. The molecule has 0 saturated heterocycles. The fourth-order valence-electron chi connectivity index (χ4n) is 2.90. The van der Waals surface area contributed by atoms with E-state index in [1.165, 1.54) is 23.5 Å². The van der Waals surface area contributed by atoms with Gasteiger partial charge in [-0.25, -0.2) is 9.37 Å². The van der Waals surface area contributed by atoms with Crippen LogP contribution in [0.15, 0.2) is 48.5 Å². The molecule has 0 aliphatic heterocycles. The van der Waals surface area contributed by atoms with Gasteiger partial charge in [-0.2, -0.15) is 0 Å². The number of carbonyl (C=O) groups is 2. The summed E-state index contributed by atoms with van der Waals surface area (Å²) in [6, 6.07) is 13.4. The van der Waals surface area contributed by atoms with E-state index < -0.39 is 0 Å². The topological polar surface area (TPSA) is 71.1 Å². The summed E-state index contributed by atoms with van der Waals surface area (Å²) < 4.78 is 13.0. The zero-order chi connectivity index (χ0) is 20.4. The quantitative estimate of drug-likeness (QED) is 0.637. The van der Waals surface area contributed by atoms with Gasteiger partial charge < -0.3 is 10.6 Å². The van der Waals surface area contributed by atoms with Gasteiger partial charge in [-0.1, -0.05) is 12.1 Å². The van der Waals surface area contributed by atoms with Crippen molar-refractivity contribution in [2.75, 3.05) is 5.32 Å². The Balaban J connectivity index is 1.40. The Hall–Kier alpha value is -3.06. The number of aromatic nitrogens is 1. The lowest BCUT2D eigenvalue weighted by Gasteiger charge is -2.06. The predicted octanol–water partition coefficient (Wildman–Crippen LogP) is 4.33. The summed E-state index contributed by atoms with van der Waals surface area (Å²) in [5.41, 5.74) is 2.79. The normalized spacial score (nSPS) is 13.2. The summed E-state index contributed by atoms with van der Waals surface area (Å²) in [5, 5.41) is 6.59. The summed E-state index contributed by atoms with van der Waals surface area (Å²) >= 11 is 1.33. The van der Waals surface area contributed by atoms with Crippen molar-refractivity contribution in [2.24, 2.45) is 0 Å². The van der Waals surface area contributed by atoms with Gasteiger partial charge in [-0.3, -0.25) is 9.59 Å². The number of rotatable bonds is 6. The molecule has 4 rings (SSSR count). The minimum absolute atomic E-state index is 0.0888. The lowest BCUT2D eigenvalue weighted by Crippen LogP contribution is -2.25. The van der Waals surface area contributed by atoms with E-state index in [4.69, 9.17) is 0 Å². The van der Waals surface area contributed by atoms with Crippen molar-refractivity contribution in [3.8, 4) is 0 Å². The minimum Gasteiger partial charge on any atom is -0.349 e. The maximum absolute atomic E-state index is 13.0. The van der Waals surface area contributed by atoms with Crippen molar-refractivity contribution in [1.82, 2.24) is 10.3 Å². The lowest BCUT2D eigenvalue weighted by molar-refractivity contribution is 0.0950. The molecule has 0 unspecified atom stereocenters. The van der Waals surface area contributed by atoms with Crippen molar-refractivity contribution in [2.45, 2.75) is 32.2 Å². The van der Waals surface area contributed by atoms with Crippen LogP contribution in [-0.4, -0.2) is 22.8 Å². The highest BCUT2D eigenvalue weighted by Gasteiger charge is 2.23. The maximum Gasteiger partial charge on any atom is 0.267 e. The summed E-state index contributed by atoms with van der Waals surface area (Å²) in [7, 11) is 0. The number of carbonyl (C=O) groups excluding carboxylic acids is 2. The zero-order valence-electron chi connectivity index (χ0n) is 15.9. The van der Waals surface area contributed by atoms with Gasteiger partial charge in [0.05, 0.1) is 10.7 Å². The Labute approximate surface area is 172 Å². The number of aryl methyl sites for hydroxylation is 1. The van der Waals surface area contributed by atoms with Gasteiger partial charge in [-0.15, -0.1) is 11.3 Å². The molecule has 7 heteroatoms. The summed E-state index contributed by atoms with van der Waals surface area (Å²) in [4.78, 5) is 29.7. The highest BCUT2D eigenvalue weighted by atomic mass is 32.1. The van der Waals surface area contributed by atoms with E-state index in [2.05, 4.69) is 15.6 Å². The van der Waals surface area contributed by atoms with Crippen molar-refractivity contribution < 1.29 is 14.0 Å². The van der Waals surface area contributed by atoms with Gasteiger partial charge >= 0.3 is 0 Å². The summed E-state index contributed by atoms with van der Waals surface area (Å²) in [6.07, 6.45) is 2.62. The second-order valence-electron chi connectivity index (χ2n) is 7.10. The minimum atomic E-state index is -0.278. The second kappa shape index (κ2) is 8.13. The van der Waals surface area contributed by atoms with Crippen LogP contribution in [0.5, 0.6) is 0 Å². The Kier molecular flexibility index (Phi) is 5.40. The first-order valence-corrected chi connectivity index (χ1v) is 10.2. The third kappa shape index (κ3) is 4.86. The van der Waals surface area contributed by atoms with Gasteiger partial charge in [0, 0.05) is 23.7 Å². The number of anilines is 1. The number of halogens is 1. The van der Waals surface area contributed by atoms with Crippen LogP contribution >= 0.6 is 11.3 Å². The number of benzene rings is 2. The fourth-order valence-corrected chi connectivity index (χ4v) is 3.90. The third-order valence-electron chi connectivity index (χ3n) is 4.63. The van der Waals surface area contributed by atoms with Crippen molar-refractivity contribution >= 4 is 28.8 Å². The van der Waals surface area contributed by atoms with Gasteiger partial charge in [0.15, 0.2) is 0 Å². The summed E-state index contributed by atoms with van der Waals surface area (Å²) in [6.45, 7) is 1.80. The van der Waals surface area contributed by atoms with E-state index in [-0.39, 0.29) is 17.6 Å². The van der Waals surface area contributed by atoms with Crippen molar-refractivity contribution in [1.29, 1.82) is 0 Å². The Bertz CT molecular complexity index is 1040. The molecule has 1 heterocycles. The molecule has 1 fully saturated rings. The lowest BCUT2D eigenvalue weighted by atomic mass is 10.1. The Morgan fingerprint density at radius 1 is 1.07 bits per heavy atom. The first-order valence-electron chi connectivity index (χ1n) is 9.41. The van der Waals surface area contributed by atoms with E-state index in [0.29, 0.717) is 34.3 Å². The van der Waals surface area contributed by atoms with E-state index in [0.717, 1.165) is 23.4 Å². The Morgan fingerprint density at radius 3 is 2.41 bits per heavy atom. The number of thiazole rings is 1. The fraction of sp³-hybridized carbons (Fsp3) is 0.227. The Morgan fingerprint density at radius 2 is 1.76 bits per heavy atom. The van der Waals surface area contributed by atoms with E-state index in [9.17, 15) is 14.0 Å². The number of hydrogen-bond acceptors (Lipinski definition) is 4. The molecule has 3 aromatic rings. The van der Waals surface area contributed by atoms with Crippen LogP contribution in [0.3, 0.4) is 0 Å². The molecule has 1 aliphatic carbocycles. The molecule has 2 N–H and O–H groups in total. The van der Waals surface area contributed by atoms with Crippen LogP contribution in [0.4, 0.5) is 10.1 Å².